The summed E-state index contributed by atoms with van der Waals surface area (Å²) in [4.78, 5) is 4.35. The maximum absolute atomic E-state index is 11.6. The zero-order valence-electron chi connectivity index (χ0n) is 17.6. The summed E-state index contributed by atoms with van der Waals surface area (Å²) >= 11 is 0. The van der Waals surface area contributed by atoms with Crippen LogP contribution in [-0.4, -0.2) is 70.9 Å². The number of hydrogen-bond donors (Lipinski definition) is 2. The highest BCUT2D eigenvalue weighted by atomic mass is 32.2. The molecule has 2 rings (SSSR count). The van der Waals surface area contributed by atoms with Crippen LogP contribution < -0.4 is 10.6 Å². The number of rotatable bonds is 5. The molecule has 0 spiro atoms. The van der Waals surface area contributed by atoms with Crippen molar-refractivity contribution < 1.29 is 13.2 Å². The molecule has 0 saturated carbocycles. The largest absolute Gasteiger partial charge is 0.377 e. The van der Waals surface area contributed by atoms with Crippen LogP contribution in [0.3, 0.4) is 0 Å². The molecule has 0 aromatic carbocycles. The molecule has 0 amide bonds. The lowest BCUT2D eigenvalue weighted by atomic mass is 9.78. The van der Waals surface area contributed by atoms with E-state index in [2.05, 4.69) is 36.4 Å². The van der Waals surface area contributed by atoms with Crippen LogP contribution in [0.15, 0.2) is 4.99 Å². The smallest absolute Gasteiger partial charge is 0.211 e. The van der Waals surface area contributed by atoms with Gasteiger partial charge < -0.3 is 15.4 Å². The third-order valence-corrected chi connectivity index (χ3v) is 6.96. The molecular weight excluding hydrogens is 364 g/mol. The second kappa shape index (κ2) is 9.56. The zero-order valence-corrected chi connectivity index (χ0v) is 18.4. The molecule has 27 heavy (non-hydrogen) atoms. The summed E-state index contributed by atoms with van der Waals surface area (Å²) in [6.45, 7) is 10.5. The average molecular weight is 403 g/mol. The van der Waals surface area contributed by atoms with Crippen molar-refractivity contribution in [2.45, 2.75) is 52.6 Å². The number of sulfonamides is 1. The highest BCUT2D eigenvalue weighted by Gasteiger charge is 2.35. The Morgan fingerprint density at radius 3 is 2.33 bits per heavy atom. The van der Waals surface area contributed by atoms with Gasteiger partial charge in [-0.1, -0.05) is 20.8 Å². The molecule has 2 fully saturated rings. The number of nitrogens with one attached hydrogen (secondary N) is 2. The van der Waals surface area contributed by atoms with Gasteiger partial charge in [-0.3, -0.25) is 4.99 Å². The number of piperidine rings is 1. The van der Waals surface area contributed by atoms with Gasteiger partial charge in [-0.15, -0.1) is 0 Å². The van der Waals surface area contributed by atoms with Crippen molar-refractivity contribution >= 4 is 16.0 Å². The van der Waals surface area contributed by atoms with E-state index >= 15 is 0 Å². The Bertz CT molecular complexity index is 593. The average Bonchev–Trinajstić information content (AvgIpc) is 2.61. The minimum Gasteiger partial charge on any atom is -0.377 e. The van der Waals surface area contributed by atoms with Gasteiger partial charge in [0.2, 0.25) is 10.0 Å². The molecule has 2 unspecified atom stereocenters. The zero-order chi connectivity index (χ0) is 20.1. The van der Waals surface area contributed by atoms with E-state index in [4.69, 9.17) is 4.74 Å². The third kappa shape index (κ3) is 6.91. The molecule has 0 aromatic heterocycles. The van der Waals surface area contributed by atoms with Crippen LogP contribution in [0, 0.1) is 17.3 Å². The number of guanidine groups is 1. The first-order valence-corrected chi connectivity index (χ1v) is 12.0. The minimum absolute atomic E-state index is 0.136. The van der Waals surface area contributed by atoms with Gasteiger partial charge in [0, 0.05) is 45.8 Å². The molecule has 8 heteroatoms. The molecule has 0 bridgehead atoms. The summed E-state index contributed by atoms with van der Waals surface area (Å²) in [6, 6.07) is 0. The third-order valence-electron chi connectivity index (χ3n) is 5.65. The molecule has 0 aliphatic carbocycles. The molecule has 2 aliphatic rings. The maximum atomic E-state index is 11.6. The monoisotopic (exact) mass is 402 g/mol. The highest BCUT2D eigenvalue weighted by molar-refractivity contribution is 7.88. The Balaban J connectivity index is 1.76. The number of aliphatic imine (C=N–C) groups is 1. The number of ether oxygens (including phenoxy) is 1. The van der Waals surface area contributed by atoms with Crippen molar-refractivity contribution in [3.63, 3.8) is 0 Å². The molecule has 158 valence electrons. The second-order valence-corrected chi connectivity index (χ2v) is 11.0. The summed E-state index contributed by atoms with van der Waals surface area (Å²) < 4.78 is 30.9. The standard InChI is InChI=1S/C19H38N4O3S/c1-19(2,3)17-16(7-6-12-26-17)14-22-18(20-4)21-13-15-8-10-23(11-9-15)27(5,24)25/h15-17H,6-14H2,1-5H3,(H2,20,21,22). The van der Waals surface area contributed by atoms with E-state index in [0.717, 1.165) is 44.9 Å². The van der Waals surface area contributed by atoms with Crippen LogP contribution in [0.4, 0.5) is 0 Å². The number of nitrogens with zero attached hydrogens (tertiary/aromatic N) is 2. The summed E-state index contributed by atoms with van der Waals surface area (Å²) in [5.41, 5.74) is 0.136. The summed E-state index contributed by atoms with van der Waals surface area (Å²) in [6.07, 6.45) is 5.62. The Morgan fingerprint density at radius 2 is 1.78 bits per heavy atom. The first-order valence-electron chi connectivity index (χ1n) is 10.1. The molecule has 0 aromatic rings. The van der Waals surface area contributed by atoms with Crippen molar-refractivity contribution in [1.82, 2.24) is 14.9 Å². The van der Waals surface area contributed by atoms with Gasteiger partial charge >= 0.3 is 0 Å². The van der Waals surface area contributed by atoms with Crippen molar-refractivity contribution in [3.05, 3.63) is 0 Å². The topological polar surface area (TPSA) is 83.0 Å². The Hall–Kier alpha value is -0.860. The van der Waals surface area contributed by atoms with Crippen molar-refractivity contribution in [3.8, 4) is 0 Å². The molecule has 2 N–H and O–H groups in total. The van der Waals surface area contributed by atoms with E-state index in [1.54, 1.807) is 11.4 Å². The summed E-state index contributed by atoms with van der Waals surface area (Å²) in [5, 5.41) is 6.88. The molecular formula is C19H38N4O3S. The van der Waals surface area contributed by atoms with Crippen LogP contribution in [-0.2, 0) is 14.8 Å². The fraction of sp³-hybridized carbons (Fsp3) is 0.947. The first kappa shape index (κ1) is 22.4. The predicted octanol–water partition coefficient (Wildman–Crippen LogP) is 1.66. The van der Waals surface area contributed by atoms with E-state index in [-0.39, 0.29) is 11.5 Å². The van der Waals surface area contributed by atoms with Gasteiger partial charge in [-0.05, 0) is 37.0 Å². The highest BCUT2D eigenvalue weighted by Crippen LogP contribution is 2.33. The molecule has 7 nitrogen and oxygen atoms in total. The van der Waals surface area contributed by atoms with Gasteiger partial charge in [0.25, 0.3) is 0 Å². The molecule has 2 aliphatic heterocycles. The quantitative estimate of drug-likeness (QED) is 0.540. The Labute approximate surface area is 165 Å². The van der Waals surface area contributed by atoms with Gasteiger partial charge in [-0.2, -0.15) is 0 Å². The van der Waals surface area contributed by atoms with E-state index < -0.39 is 10.0 Å². The minimum atomic E-state index is -3.06. The first-order chi connectivity index (χ1) is 12.6. The van der Waals surface area contributed by atoms with Crippen molar-refractivity contribution in [2.24, 2.45) is 22.2 Å². The van der Waals surface area contributed by atoms with Crippen LogP contribution in [0.2, 0.25) is 0 Å². The normalized spacial score (nSPS) is 26.8. The van der Waals surface area contributed by atoms with Crippen LogP contribution in [0.1, 0.15) is 46.5 Å². The molecule has 2 saturated heterocycles. The summed E-state index contributed by atoms with van der Waals surface area (Å²) in [7, 11) is -1.27. The Morgan fingerprint density at radius 1 is 1.15 bits per heavy atom. The van der Waals surface area contributed by atoms with E-state index in [9.17, 15) is 8.42 Å². The van der Waals surface area contributed by atoms with Gasteiger partial charge in [-0.25, -0.2) is 12.7 Å². The molecule has 2 heterocycles. The SMILES string of the molecule is CN=C(NCC1CCN(S(C)(=O)=O)CC1)NCC1CCCOC1C(C)(C)C. The second-order valence-electron chi connectivity index (χ2n) is 9.00. The van der Waals surface area contributed by atoms with Gasteiger partial charge in [0.1, 0.15) is 0 Å². The Kier molecular flexibility index (Phi) is 7.94. The van der Waals surface area contributed by atoms with E-state index in [1.165, 1.54) is 12.7 Å². The van der Waals surface area contributed by atoms with E-state index in [0.29, 0.717) is 24.9 Å². The lowest BCUT2D eigenvalue weighted by Gasteiger charge is -2.40. The predicted molar refractivity (Wildman–Crippen MR) is 110 cm³/mol. The van der Waals surface area contributed by atoms with Crippen molar-refractivity contribution in [2.75, 3.05) is 46.1 Å². The van der Waals surface area contributed by atoms with Crippen LogP contribution >= 0.6 is 0 Å². The summed E-state index contributed by atoms with van der Waals surface area (Å²) in [5.74, 6) is 1.77. The van der Waals surface area contributed by atoms with Crippen LogP contribution in [0.5, 0.6) is 0 Å². The van der Waals surface area contributed by atoms with Gasteiger partial charge in [0.05, 0.1) is 12.4 Å². The van der Waals surface area contributed by atoms with Crippen LogP contribution in [0.25, 0.3) is 0 Å². The van der Waals surface area contributed by atoms with E-state index in [1.807, 2.05) is 0 Å². The van der Waals surface area contributed by atoms with Gasteiger partial charge in [0.15, 0.2) is 5.96 Å². The maximum Gasteiger partial charge on any atom is 0.211 e. The molecule has 2 atom stereocenters. The fourth-order valence-electron chi connectivity index (χ4n) is 4.14. The van der Waals surface area contributed by atoms with Crippen molar-refractivity contribution in [1.29, 1.82) is 0 Å². The number of hydrogen-bond acceptors (Lipinski definition) is 4. The fourth-order valence-corrected chi connectivity index (χ4v) is 5.02. The molecule has 0 radical (unpaired) electrons. The lowest BCUT2D eigenvalue weighted by Crippen LogP contribution is -2.48. The lowest BCUT2D eigenvalue weighted by molar-refractivity contribution is -0.0835.